The molecule has 0 radical (unpaired) electrons. The highest BCUT2D eigenvalue weighted by molar-refractivity contribution is 9.10. The van der Waals surface area contributed by atoms with Gasteiger partial charge in [-0.05, 0) is 34.1 Å². The number of carbonyl (C=O) groups is 1. The topological polar surface area (TPSA) is 46.9 Å². The molecular weight excluding hydrogens is 339 g/mol. The Kier molecular flexibility index (Phi) is 4.12. The smallest absolute Gasteiger partial charge is 0.343 e. The fraction of sp³-hybridized carbons (Fsp3) is 0.167. The van der Waals surface area contributed by atoms with Crippen LogP contribution in [0, 0.1) is 0 Å². The molecule has 0 spiro atoms. The van der Waals surface area contributed by atoms with Crippen LogP contribution in [0.3, 0.4) is 0 Å². The highest BCUT2D eigenvalue weighted by Crippen LogP contribution is 2.15. The maximum atomic E-state index is 12.0. The van der Waals surface area contributed by atoms with Gasteiger partial charge in [0, 0.05) is 11.8 Å². The summed E-state index contributed by atoms with van der Waals surface area (Å²) in [6.07, 6.45) is -1.19. The fourth-order valence-electron chi connectivity index (χ4n) is 1.51. The van der Waals surface area contributed by atoms with Gasteiger partial charge < -0.3 is 5.32 Å². The van der Waals surface area contributed by atoms with Crippen LogP contribution in [0.5, 0.6) is 0 Å². The van der Waals surface area contributed by atoms with E-state index in [4.69, 9.17) is 0 Å². The normalized spacial score (nSPS) is 11.4. The van der Waals surface area contributed by atoms with Gasteiger partial charge in [-0.2, -0.15) is 18.3 Å². The van der Waals surface area contributed by atoms with Gasteiger partial charge in [0.05, 0.1) is 16.4 Å². The number of nitrogens with one attached hydrogen (secondary N) is 1. The summed E-state index contributed by atoms with van der Waals surface area (Å²) in [7, 11) is 0. The first kappa shape index (κ1) is 14.6. The molecule has 0 bridgehead atoms. The summed E-state index contributed by atoms with van der Waals surface area (Å²) in [5, 5.41) is 5.85. The van der Waals surface area contributed by atoms with Gasteiger partial charge in [0.25, 0.3) is 5.91 Å². The third-order valence-corrected chi connectivity index (χ3v) is 2.78. The highest BCUT2D eigenvalue weighted by atomic mass is 79.9. The van der Waals surface area contributed by atoms with E-state index in [0.29, 0.717) is 5.69 Å². The van der Waals surface area contributed by atoms with Crippen LogP contribution in [-0.2, 0) is 0 Å². The van der Waals surface area contributed by atoms with Crippen molar-refractivity contribution in [3.05, 3.63) is 46.7 Å². The van der Waals surface area contributed by atoms with Gasteiger partial charge >= 0.3 is 6.18 Å². The third kappa shape index (κ3) is 3.83. The van der Waals surface area contributed by atoms with Crippen molar-refractivity contribution in [3.63, 3.8) is 0 Å². The number of halogens is 4. The third-order valence-electron chi connectivity index (χ3n) is 2.37. The Labute approximate surface area is 120 Å². The lowest BCUT2D eigenvalue weighted by molar-refractivity contribution is -0.123. The number of aromatic nitrogens is 2. The van der Waals surface area contributed by atoms with Gasteiger partial charge in [-0.25, -0.2) is 4.68 Å². The number of nitrogens with zero attached hydrogens (tertiary/aromatic N) is 2. The molecule has 1 aromatic heterocycles. The second-order valence-electron chi connectivity index (χ2n) is 3.95. The average Bonchev–Trinajstić information content (AvgIpc) is 2.82. The summed E-state index contributed by atoms with van der Waals surface area (Å²) in [5.74, 6) is -0.782. The number of alkyl halides is 3. The molecule has 1 amide bonds. The van der Waals surface area contributed by atoms with Crippen LogP contribution in [0.2, 0.25) is 0 Å². The predicted molar refractivity (Wildman–Crippen MR) is 69.7 cm³/mol. The number of carbonyl (C=O) groups excluding carboxylic acids is 1. The van der Waals surface area contributed by atoms with Crippen molar-refractivity contribution in [3.8, 4) is 5.69 Å². The molecule has 0 aliphatic carbocycles. The molecule has 0 saturated carbocycles. The van der Waals surface area contributed by atoms with Crippen molar-refractivity contribution in [2.75, 3.05) is 6.54 Å². The Morgan fingerprint density at radius 1 is 1.40 bits per heavy atom. The van der Waals surface area contributed by atoms with Crippen LogP contribution >= 0.6 is 15.9 Å². The minimum Gasteiger partial charge on any atom is -0.343 e. The standard InChI is InChI=1S/C12H9BrF3N3O/c13-9-5-18-19(6-9)10-3-1-2-8(4-10)11(20)17-7-12(14,15)16/h1-6H,7H2,(H,17,20). The summed E-state index contributed by atoms with van der Waals surface area (Å²) in [6, 6.07) is 6.17. The van der Waals surface area contributed by atoms with E-state index >= 15 is 0 Å². The second kappa shape index (κ2) is 5.66. The maximum Gasteiger partial charge on any atom is 0.405 e. The van der Waals surface area contributed by atoms with E-state index in [-0.39, 0.29) is 5.56 Å². The molecule has 1 N–H and O–H groups in total. The number of hydrogen-bond acceptors (Lipinski definition) is 2. The monoisotopic (exact) mass is 347 g/mol. The van der Waals surface area contributed by atoms with Crippen molar-refractivity contribution in [2.24, 2.45) is 0 Å². The first-order chi connectivity index (χ1) is 9.35. The van der Waals surface area contributed by atoms with Gasteiger partial charge in [-0.15, -0.1) is 0 Å². The maximum absolute atomic E-state index is 12.0. The van der Waals surface area contributed by atoms with Crippen molar-refractivity contribution in [1.82, 2.24) is 15.1 Å². The average molecular weight is 348 g/mol. The molecule has 0 atom stereocenters. The van der Waals surface area contributed by atoms with E-state index < -0.39 is 18.6 Å². The minimum atomic E-state index is -4.43. The molecule has 8 heteroatoms. The lowest BCUT2D eigenvalue weighted by Gasteiger charge is -2.09. The number of benzene rings is 1. The molecule has 1 aromatic carbocycles. The van der Waals surface area contributed by atoms with Crippen LogP contribution in [-0.4, -0.2) is 28.4 Å². The summed E-state index contributed by atoms with van der Waals surface area (Å²) in [6.45, 7) is -1.36. The molecule has 0 fully saturated rings. The molecule has 0 aliphatic heterocycles. The highest BCUT2D eigenvalue weighted by Gasteiger charge is 2.27. The van der Waals surface area contributed by atoms with Gasteiger partial charge in [-0.1, -0.05) is 6.07 Å². The van der Waals surface area contributed by atoms with Gasteiger partial charge in [0.15, 0.2) is 0 Å². The summed E-state index contributed by atoms with van der Waals surface area (Å²) in [5.41, 5.74) is 0.716. The van der Waals surface area contributed by atoms with Crippen LogP contribution in [0.1, 0.15) is 10.4 Å². The zero-order valence-electron chi connectivity index (χ0n) is 9.99. The minimum absolute atomic E-state index is 0.137. The Hall–Kier alpha value is -1.83. The van der Waals surface area contributed by atoms with Crippen molar-refractivity contribution < 1.29 is 18.0 Å². The second-order valence-corrected chi connectivity index (χ2v) is 4.87. The van der Waals surface area contributed by atoms with E-state index in [1.54, 1.807) is 24.5 Å². The van der Waals surface area contributed by atoms with E-state index in [9.17, 15) is 18.0 Å². The zero-order chi connectivity index (χ0) is 14.8. The van der Waals surface area contributed by atoms with Crippen LogP contribution in [0.25, 0.3) is 5.69 Å². The molecule has 106 valence electrons. The van der Waals surface area contributed by atoms with E-state index in [0.717, 1.165) is 4.47 Å². The van der Waals surface area contributed by atoms with Gasteiger partial charge in [0.1, 0.15) is 6.54 Å². The lowest BCUT2D eigenvalue weighted by atomic mass is 10.2. The van der Waals surface area contributed by atoms with E-state index in [1.165, 1.54) is 16.8 Å². The molecule has 4 nitrogen and oxygen atoms in total. The Morgan fingerprint density at radius 2 is 2.15 bits per heavy atom. The predicted octanol–water partition coefficient (Wildman–Crippen LogP) is 2.93. The van der Waals surface area contributed by atoms with Crippen LogP contribution < -0.4 is 5.32 Å². The first-order valence-electron chi connectivity index (χ1n) is 5.51. The fourth-order valence-corrected chi connectivity index (χ4v) is 1.80. The molecule has 2 rings (SSSR count). The lowest BCUT2D eigenvalue weighted by Crippen LogP contribution is -2.33. The van der Waals surface area contributed by atoms with Crippen LogP contribution in [0.4, 0.5) is 13.2 Å². The molecule has 0 aliphatic rings. The zero-order valence-corrected chi connectivity index (χ0v) is 11.6. The van der Waals surface area contributed by atoms with Crippen LogP contribution in [0.15, 0.2) is 41.1 Å². The Bertz CT molecular complexity index is 624. The molecule has 1 heterocycles. The van der Waals surface area contributed by atoms with Gasteiger partial charge in [-0.3, -0.25) is 4.79 Å². The summed E-state index contributed by atoms with van der Waals surface area (Å²) < 4.78 is 38.4. The summed E-state index contributed by atoms with van der Waals surface area (Å²) >= 11 is 3.24. The number of hydrogen-bond donors (Lipinski definition) is 1. The van der Waals surface area contributed by atoms with Crippen molar-refractivity contribution in [2.45, 2.75) is 6.18 Å². The molecule has 0 unspecified atom stereocenters. The van der Waals surface area contributed by atoms with Gasteiger partial charge in [0.2, 0.25) is 0 Å². The number of amides is 1. The Balaban J connectivity index is 2.15. The molecule has 2 aromatic rings. The van der Waals surface area contributed by atoms with Crippen molar-refractivity contribution >= 4 is 21.8 Å². The Morgan fingerprint density at radius 3 is 2.75 bits per heavy atom. The number of rotatable bonds is 3. The van der Waals surface area contributed by atoms with E-state index in [1.807, 2.05) is 5.32 Å². The quantitative estimate of drug-likeness (QED) is 0.927. The molecule has 0 saturated heterocycles. The molecule has 20 heavy (non-hydrogen) atoms. The molecular formula is C12H9BrF3N3O. The van der Waals surface area contributed by atoms with Crippen molar-refractivity contribution in [1.29, 1.82) is 0 Å². The SMILES string of the molecule is O=C(NCC(F)(F)F)c1cccc(-n2cc(Br)cn2)c1. The first-order valence-corrected chi connectivity index (χ1v) is 6.30. The summed E-state index contributed by atoms with van der Waals surface area (Å²) in [4.78, 5) is 11.6. The largest absolute Gasteiger partial charge is 0.405 e. The van der Waals surface area contributed by atoms with E-state index in [2.05, 4.69) is 21.0 Å².